The molecule has 4 rings (SSSR count). The number of fused-ring (bicyclic) bond motifs is 2. The summed E-state index contributed by atoms with van der Waals surface area (Å²) in [5, 5.41) is 1.52. The van der Waals surface area contributed by atoms with Crippen molar-refractivity contribution in [3.63, 3.8) is 0 Å². The monoisotopic (exact) mass is 367 g/mol. The Hall–Kier alpha value is -2.40. The first kappa shape index (κ1) is 17.0. The average Bonchev–Trinajstić information content (AvgIpc) is 2.80. The molecule has 0 spiro atoms. The Labute approximate surface area is 156 Å². The Morgan fingerprint density at radius 1 is 1.23 bits per heavy atom. The molecular weight excluding hydrogens is 346 g/mol. The lowest BCUT2D eigenvalue weighted by Gasteiger charge is -2.25. The highest BCUT2D eigenvalue weighted by Gasteiger charge is 2.20. The SMILES string of the molecule is COc1ccc2c(CN3CC[C@H](C)Sc4ccccc43)cc(=O)oc2c1. The number of ether oxygens (including phenoxy) is 1. The molecular formula is C21H21NO3S. The molecule has 0 amide bonds. The van der Waals surface area contributed by atoms with Crippen molar-refractivity contribution in [1.29, 1.82) is 0 Å². The number of benzene rings is 2. The third-order valence-corrected chi connectivity index (χ3v) is 5.98. The molecule has 0 saturated heterocycles. The van der Waals surface area contributed by atoms with Crippen LogP contribution in [0.2, 0.25) is 0 Å². The van der Waals surface area contributed by atoms with Crippen molar-refractivity contribution >= 4 is 28.4 Å². The van der Waals surface area contributed by atoms with Gasteiger partial charge in [0.25, 0.3) is 0 Å². The van der Waals surface area contributed by atoms with Crippen LogP contribution in [0.3, 0.4) is 0 Å². The number of hydrogen-bond donors (Lipinski definition) is 0. The van der Waals surface area contributed by atoms with E-state index in [2.05, 4.69) is 36.1 Å². The van der Waals surface area contributed by atoms with E-state index < -0.39 is 0 Å². The van der Waals surface area contributed by atoms with Crippen molar-refractivity contribution in [1.82, 2.24) is 0 Å². The summed E-state index contributed by atoms with van der Waals surface area (Å²) in [5.74, 6) is 0.683. The Bertz CT molecular complexity index is 998. The highest BCUT2D eigenvalue weighted by atomic mass is 32.2. The molecule has 4 nitrogen and oxygen atoms in total. The number of nitrogens with zero attached hydrogens (tertiary/aromatic N) is 1. The molecule has 134 valence electrons. The van der Waals surface area contributed by atoms with Gasteiger partial charge in [0.15, 0.2) is 0 Å². The fraction of sp³-hybridized carbons (Fsp3) is 0.286. The van der Waals surface area contributed by atoms with Crippen molar-refractivity contribution in [2.75, 3.05) is 18.6 Å². The Balaban J connectivity index is 1.76. The topological polar surface area (TPSA) is 42.7 Å². The molecule has 0 fully saturated rings. The van der Waals surface area contributed by atoms with Gasteiger partial charge in [0.05, 0.1) is 12.8 Å². The van der Waals surface area contributed by atoms with E-state index in [4.69, 9.17) is 9.15 Å². The molecule has 1 atom stereocenters. The zero-order chi connectivity index (χ0) is 18.1. The summed E-state index contributed by atoms with van der Waals surface area (Å²) in [6.45, 7) is 3.91. The molecule has 0 unspecified atom stereocenters. The second kappa shape index (κ2) is 7.08. The lowest BCUT2D eigenvalue weighted by molar-refractivity contribution is 0.414. The van der Waals surface area contributed by atoms with Crippen molar-refractivity contribution in [3.8, 4) is 5.75 Å². The average molecular weight is 367 g/mol. The molecule has 3 aromatic rings. The molecule has 1 aliphatic rings. The zero-order valence-electron chi connectivity index (χ0n) is 14.9. The van der Waals surface area contributed by atoms with Crippen molar-refractivity contribution < 1.29 is 9.15 Å². The second-order valence-electron chi connectivity index (χ2n) is 6.56. The van der Waals surface area contributed by atoms with Gasteiger partial charge in [0.2, 0.25) is 0 Å². The van der Waals surface area contributed by atoms with Gasteiger partial charge in [-0.3, -0.25) is 0 Å². The lowest BCUT2D eigenvalue weighted by atomic mass is 10.1. The van der Waals surface area contributed by atoms with E-state index in [9.17, 15) is 4.79 Å². The van der Waals surface area contributed by atoms with Crippen LogP contribution in [0.15, 0.2) is 62.6 Å². The first-order valence-corrected chi connectivity index (χ1v) is 9.63. The lowest BCUT2D eigenvalue weighted by Crippen LogP contribution is -2.25. The quantitative estimate of drug-likeness (QED) is 0.628. The Morgan fingerprint density at radius 2 is 2.08 bits per heavy atom. The molecule has 26 heavy (non-hydrogen) atoms. The predicted molar refractivity (Wildman–Crippen MR) is 106 cm³/mol. The van der Waals surface area contributed by atoms with Gasteiger partial charge >= 0.3 is 5.63 Å². The largest absolute Gasteiger partial charge is 0.497 e. The van der Waals surface area contributed by atoms with Gasteiger partial charge in [-0.2, -0.15) is 0 Å². The first-order valence-electron chi connectivity index (χ1n) is 8.75. The maximum absolute atomic E-state index is 12.1. The van der Waals surface area contributed by atoms with Crippen LogP contribution in [0.1, 0.15) is 18.9 Å². The van der Waals surface area contributed by atoms with Crippen LogP contribution in [0.5, 0.6) is 5.75 Å². The minimum absolute atomic E-state index is 0.327. The summed E-state index contributed by atoms with van der Waals surface area (Å²) in [6.07, 6.45) is 1.10. The van der Waals surface area contributed by atoms with Crippen LogP contribution in [-0.2, 0) is 6.54 Å². The number of anilines is 1. The van der Waals surface area contributed by atoms with E-state index in [1.807, 2.05) is 23.9 Å². The molecule has 0 radical (unpaired) electrons. The highest BCUT2D eigenvalue weighted by molar-refractivity contribution is 8.00. The summed E-state index contributed by atoms with van der Waals surface area (Å²) >= 11 is 1.92. The molecule has 1 aromatic heterocycles. The summed E-state index contributed by atoms with van der Waals surface area (Å²) < 4.78 is 10.6. The first-order chi connectivity index (χ1) is 12.6. The van der Waals surface area contributed by atoms with E-state index in [-0.39, 0.29) is 5.63 Å². The highest BCUT2D eigenvalue weighted by Crippen LogP contribution is 2.38. The summed E-state index contributed by atoms with van der Waals surface area (Å²) in [4.78, 5) is 15.7. The fourth-order valence-electron chi connectivity index (χ4n) is 3.39. The number of para-hydroxylation sites is 1. The standard InChI is InChI=1S/C21H21NO3S/c1-14-9-10-22(18-5-3-4-6-20(18)26-14)13-15-11-21(23)25-19-12-16(24-2)7-8-17(15)19/h3-8,11-12,14H,9-10,13H2,1-2H3/t14-/m0/s1. The van der Waals surface area contributed by atoms with Crippen LogP contribution in [-0.4, -0.2) is 18.9 Å². The van der Waals surface area contributed by atoms with Crippen LogP contribution in [0.25, 0.3) is 11.0 Å². The van der Waals surface area contributed by atoms with E-state index >= 15 is 0 Å². The number of thioether (sulfide) groups is 1. The van der Waals surface area contributed by atoms with Crippen molar-refractivity contribution in [3.05, 3.63) is 64.5 Å². The predicted octanol–water partition coefficient (Wildman–Crippen LogP) is 4.69. The van der Waals surface area contributed by atoms with Gasteiger partial charge in [-0.15, -0.1) is 11.8 Å². The minimum atomic E-state index is -0.327. The molecule has 1 aliphatic heterocycles. The van der Waals surface area contributed by atoms with Gasteiger partial charge in [0, 0.05) is 40.8 Å². The van der Waals surface area contributed by atoms with E-state index in [1.54, 1.807) is 19.2 Å². The van der Waals surface area contributed by atoms with E-state index in [1.165, 1.54) is 10.6 Å². The van der Waals surface area contributed by atoms with Gasteiger partial charge in [-0.1, -0.05) is 19.1 Å². The molecule has 0 saturated carbocycles. The van der Waals surface area contributed by atoms with Gasteiger partial charge in [-0.05, 0) is 36.2 Å². The summed E-state index contributed by atoms with van der Waals surface area (Å²) in [6, 6.07) is 15.8. The number of hydrogen-bond acceptors (Lipinski definition) is 5. The van der Waals surface area contributed by atoms with Crippen LogP contribution in [0.4, 0.5) is 5.69 Å². The molecule has 5 heteroatoms. The molecule has 0 N–H and O–H groups in total. The summed E-state index contributed by atoms with van der Waals surface area (Å²) in [7, 11) is 1.61. The maximum Gasteiger partial charge on any atom is 0.336 e. The Morgan fingerprint density at radius 3 is 2.92 bits per heavy atom. The maximum atomic E-state index is 12.1. The molecule has 2 heterocycles. The smallest absolute Gasteiger partial charge is 0.336 e. The molecule has 0 aliphatic carbocycles. The Kier molecular flexibility index (Phi) is 4.64. The van der Waals surface area contributed by atoms with E-state index in [0.29, 0.717) is 23.1 Å². The van der Waals surface area contributed by atoms with Crippen LogP contribution in [0, 0.1) is 0 Å². The van der Waals surface area contributed by atoms with Crippen LogP contribution >= 0.6 is 11.8 Å². The molecule has 0 bridgehead atoms. The van der Waals surface area contributed by atoms with Crippen molar-refractivity contribution in [2.45, 2.75) is 30.0 Å². The van der Waals surface area contributed by atoms with Gasteiger partial charge < -0.3 is 14.1 Å². The fourth-order valence-corrected chi connectivity index (χ4v) is 4.52. The van der Waals surface area contributed by atoms with Crippen LogP contribution < -0.4 is 15.3 Å². The number of rotatable bonds is 3. The van der Waals surface area contributed by atoms with Crippen molar-refractivity contribution in [2.24, 2.45) is 0 Å². The second-order valence-corrected chi connectivity index (χ2v) is 8.04. The number of methoxy groups -OCH3 is 1. The summed E-state index contributed by atoms with van der Waals surface area (Å²) in [5.41, 5.74) is 2.45. The van der Waals surface area contributed by atoms with Gasteiger partial charge in [-0.25, -0.2) is 4.79 Å². The third kappa shape index (κ3) is 3.31. The zero-order valence-corrected chi connectivity index (χ0v) is 15.7. The van der Waals surface area contributed by atoms with E-state index in [0.717, 1.165) is 23.9 Å². The minimum Gasteiger partial charge on any atom is -0.497 e. The normalized spacial score (nSPS) is 17.0. The van der Waals surface area contributed by atoms with Gasteiger partial charge in [0.1, 0.15) is 11.3 Å². The molecule has 2 aromatic carbocycles. The third-order valence-electron chi connectivity index (χ3n) is 4.74.